The zero-order chi connectivity index (χ0) is 17.0. The minimum absolute atomic E-state index is 0.256. The van der Waals surface area contributed by atoms with E-state index in [1.807, 2.05) is 19.9 Å². The number of nitrogens with one attached hydrogen (secondary N) is 1. The van der Waals surface area contributed by atoms with Crippen molar-refractivity contribution in [2.45, 2.75) is 13.8 Å². The Labute approximate surface area is 136 Å². The normalized spacial score (nSPS) is 14.7. The van der Waals surface area contributed by atoms with Gasteiger partial charge in [0.1, 0.15) is 5.82 Å². The number of halogens is 1. The van der Waals surface area contributed by atoms with Crippen molar-refractivity contribution in [3.8, 4) is 0 Å². The van der Waals surface area contributed by atoms with Crippen LogP contribution in [0.15, 0.2) is 76.6 Å². The lowest BCUT2D eigenvalue weighted by Gasteiger charge is -2.14. The SMILES string of the molecule is C=C(NCC1=CC(c2ccccc2F)=NC1)C(=C)/C(C)=C(\C)N. The van der Waals surface area contributed by atoms with Crippen molar-refractivity contribution in [3.63, 3.8) is 0 Å². The molecule has 0 saturated carbocycles. The molecule has 0 radical (unpaired) electrons. The molecule has 1 aliphatic rings. The maximum atomic E-state index is 13.8. The van der Waals surface area contributed by atoms with Crippen LogP contribution in [0.1, 0.15) is 19.4 Å². The van der Waals surface area contributed by atoms with Gasteiger partial charge >= 0.3 is 0 Å². The Morgan fingerprint density at radius 2 is 2.00 bits per heavy atom. The van der Waals surface area contributed by atoms with Crippen molar-refractivity contribution >= 4 is 5.71 Å². The van der Waals surface area contributed by atoms with Crippen LogP contribution in [-0.4, -0.2) is 18.8 Å². The zero-order valence-electron chi connectivity index (χ0n) is 13.6. The average Bonchev–Trinajstić information content (AvgIpc) is 3.00. The van der Waals surface area contributed by atoms with E-state index in [0.717, 1.165) is 28.1 Å². The molecule has 120 valence electrons. The molecule has 0 aromatic heterocycles. The van der Waals surface area contributed by atoms with Gasteiger partial charge in [0, 0.05) is 23.5 Å². The van der Waals surface area contributed by atoms with Gasteiger partial charge in [-0.3, -0.25) is 4.99 Å². The molecule has 2 rings (SSSR count). The molecular weight excluding hydrogens is 289 g/mol. The smallest absolute Gasteiger partial charge is 0.132 e. The first-order valence-corrected chi connectivity index (χ1v) is 7.44. The van der Waals surface area contributed by atoms with Gasteiger partial charge in [0.15, 0.2) is 0 Å². The lowest BCUT2D eigenvalue weighted by molar-refractivity contribution is 0.625. The maximum Gasteiger partial charge on any atom is 0.132 e. The Morgan fingerprint density at radius 3 is 2.65 bits per heavy atom. The van der Waals surface area contributed by atoms with Crippen LogP contribution in [0.3, 0.4) is 0 Å². The van der Waals surface area contributed by atoms with E-state index < -0.39 is 0 Å². The van der Waals surface area contributed by atoms with E-state index >= 15 is 0 Å². The standard InChI is InChI=1S/C19H22FN3/c1-12(14(3)21)13(2)15(4)22-10-16-9-19(23-11-16)17-7-5-6-8-18(17)20/h5-9,22H,2,4,10-11,21H2,1,3H3/b14-12+. The van der Waals surface area contributed by atoms with Gasteiger partial charge in [-0.1, -0.05) is 25.3 Å². The summed E-state index contributed by atoms with van der Waals surface area (Å²) < 4.78 is 13.8. The lowest BCUT2D eigenvalue weighted by atomic mass is 10.1. The fourth-order valence-corrected chi connectivity index (χ4v) is 2.20. The largest absolute Gasteiger partial charge is 0.402 e. The quantitative estimate of drug-likeness (QED) is 0.790. The number of benzene rings is 1. The highest BCUT2D eigenvalue weighted by Crippen LogP contribution is 2.17. The molecule has 0 aliphatic carbocycles. The first kappa shape index (κ1) is 16.7. The first-order chi connectivity index (χ1) is 10.9. The van der Waals surface area contributed by atoms with Gasteiger partial charge in [-0.15, -0.1) is 0 Å². The summed E-state index contributed by atoms with van der Waals surface area (Å²) in [5.41, 5.74) is 11.2. The monoisotopic (exact) mass is 311 g/mol. The highest BCUT2D eigenvalue weighted by atomic mass is 19.1. The fourth-order valence-electron chi connectivity index (χ4n) is 2.20. The highest BCUT2D eigenvalue weighted by Gasteiger charge is 2.13. The van der Waals surface area contributed by atoms with Crippen molar-refractivity contribution in [2.24, 2.45) is 10.7 Å². The van der Waals surface area contributed by atoms with Crippen molar-refractivity contribution in [1.29, 1.82) is 0 Å². The lowest BCUT2D eigenvalue weighted by Crippen LogP contribution is -2.18. The van der Waals surface area contributed by atoms with Crippen molar-refractivity contribution in [1.82, 2.24) is 5.32 Å². The third-order valence-electron chi connectivity index (χ3n) is 3.88. The number of nitrogens with two attached hydrogens (primary N) is 1. The van der Waals surface area contributed by atoms with Gasteiger partial charge in [0.25, 0.3) is 0 Å². The van der Waals surface area contributed by atoms with Crippen LogP contribution in [0.2, 0.25) is 0 Å². The Morgan fingerprint density at radius 1 is 1.30 bits per heavy atom. The number of nitrogens with zero attached hydrogens (tertiary/aromatic N) is 1. The molecule has 3 nitrogen and oxygen atoms in total. The molecule has 1 aliphatic heterocycles. The van der Waals surface area contributed by atoms with Crippen LogP contribution in [0, 0.1) is 5.82 Å². The summed E-state index contributed by atoms with van der Waals surface area (Å²) in [6, 6.07) is 6.66. The van der Waals surface area contributed by atoms with E-state index in [0.29, 0.717) is 24.4 Å². The molecule has 1 aromatic rings. The van der Waals surface area contributed by atoms with E-state index in [4.69, 9.17) is 5.73 Å². The van der Waals surface area contributed by atoms with Crippen LogP contribution in [0.25, 0.3) is 0 Å². The zero-order valence-corrected chi connectivity index (χ0v) is 13.6. The third kappa shape index (κ3) is 3.97. The first-order valence-electron chi connectivity index (χ1n) is 7.44. The van der Waals surface area contributed by atoms with Crippen LogP contribution >= 0.6 is 0 Å². The topological polar surface area (TPSA) is 50.4 Å². The van der Waals surface area contributed by atoms with E-state index in [1.54, 1.807) is 18.2 Å². The molecule has 0 amide bonds. The molecule has 1 aromatic carbocycles. The molecule has 0 unspecified atom stereocenters. The van der Waals surface area contributed by atoms with Crippen molar-refractivity contribution < 1.29 is 4.39 Å². The molecule has 0 bridgehead atoms. The van der Waals surface area contributed by atoms with Gasteiger partial charge < -0.3 is 11.1 Å². The summed E-state index contributed by atoms with van der Waals surface area (Å²) in [6.07, 6.45) is 1.92. The molecule has 3 N–H and O–H groups in total. The molecule has 1 heterocycles. The second-order valence-electron chi connectivity index (χ2n) is 5.60. The third-order valence-corrected chi connectivity index (χ3v) is 3.88. The predicted molar refractivity (Wildman–Crippen MR) is 94.7 cm³/mol. The van der Waals surface area contributed by atoms with E-state index in [9.17, 15) is 4.39 Å². The van der Waals surface area contributed by atoms with Crippen LogP contribution in [-0.2, 0) is 0 Å². The highest BCUT2D eigenvalue weighted by molar-refractivity contribution is 6.10. The van der Waals surface area contributed by atoms with E-state index in [1.165, 1.54) is 6.07 Å². The van der Waals surface area contributed by atoms with Crippen LogP contribution in [0.4, 0.5) is 4.39 Å². The predicted octanol–water partition coefficient (Wildman–Crippen LogP) is 3.47. The summed E-state index contributed by atoms with van der Waals surface area (Å²) >= 11 is 0. The summed E-state index contributed by atoms with van der Waals surface area (Å²) in [5, 5.41) is 3.23. The number of hydrogen-bond acceptors (Lipinski definition) is 3. The summed E-state index contributed by atoms with van der Waals surface area (Å²) in [7, 11) is 0. The van der Waals surface area contributed by atoms with Crippen molar-refractivity contribution in [3.05, 3.63) is 83.0 Å². The summed E-state index contributed by atoms with van der Waals surface area (Å²) in [6.45, 7) is 12.9. The second-order valence-corrected chi connectivity index (χ2v) is 5.60. The van der Waals surface area contributed by atoms with Gasteiger partial charge in [0.2, 0.25) is 0 Å². The Hall–Kier alpha value is -2.62. The average molecular weight is 311 g/mol. The van der Waals surface area contributed by atoms with Crippen LogP contribution in [0.5, 0.6) is 0 Å². The minimum Gasteiger partial charge on any atom is -0.402 e. The molecule has 0 spiro atoms. The molecular formula is C19H22FN3. The molecule has 0 atom stereocenters. The Balaban J connectivity index is 1.98. The molecule has 0 saturated heterocycles. The Bertz CT molecular complexity index is 735. The molecule has 0 fully saturated rings. The van der Waals surface area contributed by atoms with Crippen molar-refractivity contribution in [2.75, 3.05) is 13.1 Å². The molecule has 23 heavy (non-hydrogen) atoms. The number of rotatable bonds is 6. The molecule has 4 heteroatoms. The summed E-state index contributed by atoms with van der Waals surface area (Å²) in [5.74, 6) is -0.256. The van der Waals surface area contributed by atoms with Gasteiger partial charge in [0.05, 0.1) is 12.3 Å². The second kappa shape index (κ2) is 7.09. The van der Waals surface area contributed by atoms with Gasteiger partial charge in [-0.2, -0.15) is 0 Å². The number of aliphatic imine (C=N–C) groups is 1. The minimum atomic E-state index is -0.256. The number of allylic oxidation sites excluding steroid dienone is 3. The number of hydrogen-bond donors (Lipinski definition) is 2. The van der Waals surface area contributed by atoms with E-state index in [-0.39, 0.29) is 5.82 Å². The Kier molecular flexibility index (Phi) is 5.16. The summed E-state index contributed by atoms with van der Waals surface area (Å²) in [4.78, 5) is 4.40. The van der Waals surface area contributed by atoms with Crippen LogP contribution < -0.4 is 11.1 Å². The van der Waals surface area contributed by atoms with E-state index in [2.05, 4.69) is 23.5 Å². The van der Waals surface area contributed by atoms with Gasteiger partial charge in [-0.05, 0) is 48.8 Å². The van der Waals surface area contributed by atoms with Gasteiger partial charge in [-0.25, -0.2) is 4.39 Å². The fraction of sp³-hybridized carbons (Fsp3) is 0.211. The maximum absolute atomic E-state index is 13.8.